The van der Waals surface area contributed by atoms with E-state index in [1.807, 2.05) is 0 Å². The van der Waals surface area contributed by atoms with Gasteiger partial charge in [0.15, 0.2) is 0 Å². The highest BCUT2D eigenvalue weighted by Gasteiger charge is 2.30. The monoisotopic (exact) mass is 476 g/mol. The molecule has 0 bridgehead atoms. The Morgan fingerprint density at radius 3 is 2.71 bits per heavy atom. The predicted molar refractivity (Wildman–Crippen MR) is 116 cm³/mol. The fourth-order valence-corrected chi connectivity index (χ4v) is 4.62. The Kier molecular flexibility index (Phi) is 7.28. The van der Waals surface area contributed by atoms with Crippen LogP contribution < -0.4 is 4.74 Å². The highest BCUT2D eigenvalue weighted by molar-refractivity contribution is 5.70. The smallest absolute Gasteiger partial charge is 0.410 e. The van der Waals surface area contributed by atoms with Crippen molar-refractivity contribution in [3.05, 3.63) is 23.5 Å². The van der Waals surface area contributed by atoms with Crippen molar-refractivity contribution in [2.24, 2.45) is 5.92 Å². The van der Waals surface area contributed by atoms with E-state index in [1.165, 1.54) is 6.20 Å². The summed E-state index contributed by atoms with van der Waals surface area (Å²) >= 11 is 0. The van der Waals surface area contributed by atoms with Crippen molar-refractivity contribution >= 4 is 12.1 Å². The van der Waals surface area contributed by atoms with E-state index in [-0.39, 0.29) is 29.9 Å². The first-order valence-corrected chi connectivity index (χ1v) is 11.6. The van der Waals surface area contributed by atoms with Crippen molar-refractivity contribution in [2.45, 2.75) is 77.0 Å². The van der Waals surface area contributed by atoms with Crippen LogP contribution in [0.5, 0.6) is 5.88 Å². The number of aromatic nitrogens is 3. The number of rotatable bonds is 7. The van der Waals surface area contributed by atoms with Gasteiger partial charge >= 0.3 is 12.1 Å². The van der Waals surface area contributed by atoms with Gasteiger partial charge in [0.25, 0.3) is 11.8 Å². The second-order valence-electron chi connectivity index (χ2n) is 8.96. The third kappa shape index (κ3) is 5.28. The van der Waals surface area contributed by atoms with Gasteiger partial charge in [0.1, 0.15) is 29.9 Å². The van der Waals surface area contributed by atoms with Crippen LogP contribution in [-0.2, 0) is 16.1 Å². The first kappa shape index (κ1) is 23.9. The van der Waals surface area contributed by atoms with E-state index < -0.39 is 30.0 Å². The Balaban J connectivity index is 1.43. The standard InChI is InChI=1S/C23H29FN4O6/c1-13-17(12-32-23(31)28(2)15-7-3-4-8-15)19(27-34-13)18-11-25-21(20(24)26-18)33-16-9-5-6-14(10-16)22(29)30/h11,14-16H,3-10,12H2,1-2H3,(H,29,30)/t14-,16-/m0/s1. The molecule has 0 radical (unpaired) electrons. The SMILES string of the molecule is Cc1onc(-c2cnc(O[C@H]3CCC[C@H](C(=O)O)C3)c(F)n2)c1COC(=O)N(C)C1CCCC1. The third-order valence-electron chi connectivity index (χ3n) is 6.68. The van der Waals surface area contributed by atoms with Crippen LogP contribution >= 0.6 is 0 Å². The number of carboxylic acid groups (broad SMARTS) is 1. The molecule has 184 valence electrons. The van der Waals surface area contributed by atoms with E-state index in [1.54, 1.807) is 18.9 Å². The fourth-order valence-electron chi connectivity index (χ4n) is 4.62. The molecule has 0 saturated heterocycles. The zero-order valence-electron chi connectivity index (χ0n) is 19.3. The van der Waals surface area contributed by atoms with Crippen LogP contribution in [0.2, 0.25) is 0 Å². The topological polar surface area (TPSA) is 128 Å². The Bertz CT molecular complexity index is 1040. The summed E-state index contributed by atoms with van der Waals surface area (Å²) in [5, 5.41) is 13.2. The molecule has 2 fully saturated rings. The van der Waals surface area contributed by atoms with Crippen LogP contribution in [-0.4, -0.2) is 56.4 Å². The van der Waals surface area contributed by atoms with Crippen LogP contribution in [0.25, 0.3) is 11.4 Å². The van der Waals surface area contributed by atoms with Crippen molar-refractivity contribution in [2.75, 3.05) is 7.05 Å². The van der Waals surface area contributed by atoms with Crippen LogP contribution in [0.15, 0.2) is 10.7 Å². The van der Waals surface area contributed by atoms with E-state index >= 15 is 0 Å². The molecule has 2 saturated carbocycles. The maximum atomic E-state index is 14.7. The summed E-state index contributed by atoms with van der Waals surface area (Å²) in [5.74, 6) is -2.18. The van der Waals surface area contributed by atoms with Gasteiger partial charge in [0.2, 0.25) is 0 Å². The number of halogens is 1. The van der Waals surface area contributed by atoms with Crippen molar-refractivity contribution in [3.63, 3.8) is 0 Å². The van der Waals surface area contributed by atoms with Crippen LogP contribution in [0.3, 0.4) is 0 Å². The first-order valence-electron chi connectivity index (χ1n) is 11.6. The number of carbonyl (C=O) groups is 2. The summed E-state index contributed by atoms with van der Waals surface area (Å²) in [6, 6.07) is 0.179. The Labute approximate surface area is 196 Å². The highest BCUT2D eigenvalue weighted by atomic mass is 19.1. The molecule has 1 N–H and O–H groups in total. The zero-order valence-corrected chi connectivity index (χ0v) is 19.3. The maximum Gasteiger partial charge on any atom is 0.410 e. The molecule has 1 amide bonds. The lowest BCUT2D eigenvalue weighted by Gasteiger charge is -2.26. The second-order valence-corrected chi connectivity index (χ2v) is 8.96. The molecule has 0 aromatic carbocycles. The molecular weight excluding hydrogens is 447 g/mol. The van der Waals surface area contributed by atoms with E-state index in [2.05, 4.69) is 15.1 Å². The molecular formula is C23H29FN4O6. The number of aryl methyl sites for hydroxylation is 1. The third-order valence-corrected chi connectivity index (χ3v) is 6.68. The van der Waals surface area contributed by atoms with Crippen molar-refractivity contribution in [3.8, 4) is 17.3 Å². The molecule has 2 aromatic rings. The molecule has 34 heavy (non-hydrogen) atoms. The normalized spacial score (nSPS) is 20.8. The second kappa shape index (κ2) is 10.4. The number of carboxylic acids is 1. The van der Waals surface area contributed by atoms with Gasteiger partial charge in [-0.2, -0.15) is 4.39 Å². The van der Waals surface area contributed by atoms with Crippen LogP contribution in [0.4, 0.5) is 9.18 Å². The highest BCUT2D eigenvalue weighted by Crippen LogP contribution is 2.30. The molecule has 2 heterocycles. The summed E-state index contributed by atoms with van der Waals surface area (Å²) < 4.78 is 31.0. The summed E-state index contributed by atoms with van der Waals surface area (Å²) in [6.45, 7) is 1.57. The number of ether oxygens (including phenoxy) is 2. The zero-order chi connectivity index (χ0) is 24.2. The molecule has 0 spiro atoms. The molecule has 2 aliphatic rings. The van der Waals surface area contributed by atoms with Crippen molar-refractivity contribution in [1.82, 2.24) is 20.0 Å². The van der Waals surface area contributed by atoms with Gasteiger partial charge in [-0.1, -0.05) is 18.0 Å². The molecule has 0 aliphatic heterocycles. The van der Waals surface area contributed by atoms with Gasteiger partial charge in [-0.25, -0.2) is 14.8 Å². The minimum atomic E-state index is -0.931. The number of nitrogens with zero attached hydrogens (tertiary/aromatic N) is 4. The molecule has 11 heteroatoms. The average molecular weight is 477 g/mol. The number of hydrogen-bond donors (Lipinski definition) is 1. The Morgan fingerprint density at radius 1 is 1.24 bits per heavy atom. The number of hydrogen-bond acceptors (Lipinski definition) is 8. The minimum absolute atomic E-state index is 0.0965. The van der Waals surface area contributed by atoms with Gasteiger partial charge in [0, 0.05) is 13.1 Å². The van der Waals surface area contributed by atoms with Crippen LogP contribution in [0.1, 0.15) is 62.7 Å². The van der Waals surface area contributed by atoms with E-state index in [4.69, 9.17) is 14.0 Å². The number of carbonyl (C=O) groups excluding carboxylic acids is 1. The minimum Gasteiger partial charge on any atom is -0.481 e. The van der Waals surface area contributed by atoms with Gasteiger partial charge in [-0.3, -0.25) is 4.79 Å². The van der Waals surface area contributed by atoms with Gasteiger partial charge in [-0.15, -0.1) is 0 Å². The van der Waals surface area contributed by atoms with E-state index in [0.29, 0.717) is 37.0 Å². The molecule has 0 unspecified atom stereocenters. The quantitative estimate of drug-likeness (QED) is 0.628. The maximum absolute atomic E-state index is 14.7. The molecule has 2 aromatic heterocycles. The number of aliphatic carboxylic acids is 1. The number of amides is 1. The van der Waals surface area contributed by atoms with Crippen molar-refractivity contribution < 1.29 is 33.1 Å². The summed E-state index contributed by atoms with van der Waals surface area (Å²) in [6.07, 6.45) is 6.74. The lowest BCUT2D eigenvalue weighted by Crippen LogP contribution is -2.35. The lowest BCUT2D eigenvalue weighted by atomic mass is 9.87. The van der Waals surface area contributed by atoms with E-state index in [0.717, 1.165) is 25.7 Å². The molecule has 4 rings (SSSR count). The molecule has 10 nitrogen and oxygen atoms in total. The first-order chi connectivity index (χ1) is 16.3. The molecule has 2 aliphatic carbocycles. The Morgan fingerprint density at radius 2 is 2.00 bits per heavy atom. The summed E-state index contributed by atoms with van der Waals surface area (Å²) in [5.41, 5.74) is 0.825. The summed E-state index contributed by atoms with van der Waals surface area (Å²) in [7, 11) is 1.73. The molecule has 2 atom stereocenters. The lowest BCUT2D eigenvalue weighted by molar-refractivity contribution is -0.143. The van der Waals surface area contributed by atoms with Gasteiger partial charge in [0.05, 0.1) is 17.7 Å². The fraction of sp³-hybridized carbons (Fsp3) is 0.609. The van der Waals surface area contributed by atoms with Gasteiger partial charge in [-0.05, 0) is 45.4 Å². The largest absolute Gasteiger partial charge is 0.481 e. The van der Waals surface area contributed by atoms with Crippen LogP contribution in [0, 0.1) is 18.8 Å². The average Bonchev–Trinajstić information content (AvgIpc) is 3.48. The van der Waals surface area contributed by atoms with E-state index in [9.17, 15) is 19.1 Å². The Hall–Kier alpha value is -3.24. The van der Waals surface area contributed by atoms with Gasteiger partial charge < -0.3 is 24.0 Å². The predicted octanol–water partition coefficient (Wildman–Crippen LogP) is 4.11. The van der Waals surface area contributed by atoms with Crippen molar-refractivity contribution in [1.29, 1.82) is 0 Å². The summed E-state index contributed by atoms with van der Waals surface area (Å²) in [4.78, 5) is 33.3.